The smallest absolute Gasteiger partial charge is 0.0162 e. The molecule has 0 aliphatic heterocycles. The topological polar surface area (TPSA) is 0 Å². The van der Waals surface area contributed by atoms with E-state index in [-0.39, 0.29) is 0 Å². The van der Waals surface area contributed by atoms with Crippen molar-refractivity contribution < 1.29 is 0 Å². The molecule has 0 aromatic carbocycles. The molecule has 0 N–H and O–H groups in total. The highest BCUT2D eigenvalue weighted by Gasteiger charge is 2.21. The minimum absolute atomic E-state index is 0.780. The van der Waals surface area contributed by atoms with Gasteiger partial charge in [0.15, 0.2) is 0 Å². The molecule has 0 radical (unpaired) electrons. The molecule has 0 spiro atoms. The fourth-order valence-corrected chi connectivity index (χ4v) is 2.56. The Balaban J connectivity index is 2.56. The van der Waals surface area contributed by atoms with E-state index in [0.717, 1.165) is 11.8 Å². The molecule has 0 heteroatoms. The van der Waals surface area contributed by atoms with E-state index >= 15 is 0 Å². The van der Waals surface area contributed by atoms with Gasteiger partial charge in [-0.1, -0.05) is 44.2 Å². The van der Waals surface area contributed by atoms with Gasteiger partial charge in [-0.2, -0.15) is 0 Å². The van der Waals surface area contributed by atoms with Crippen molar-refractivity contribution in [1.82, 2.24) is 0 Å². The Hall–Kier alpha value is -0.780. The molecule has 15 heavy (non-hydrogen) atoms. The van der Waals surface area contributed by atoms with Crippen molar-refractivity contribution in [2.75, 3.05) is 0 Å². The lowest BCUT2D eigenvalue weighted by Crippen LogP contribution is -2.15. The third kappa shape index (κ3) is 3.70. The Bertz CT molecular complexity index is 237. The van der Waals surface area contributed by atoms with Crippen LogP contribution in [0.15, 0.2) is 36.5 Å². The van der Waals surface area contributed by atoms with E-state index in [2.05, 4.69) is 38.7 Å². The predicted octanol–water partition coefficient (Wildman–Crippen LogP) is 4.89. The molecule has 0 nitrogen and oxygen atoms in total. The first-order chi connectivity index (χ1) is 7.31. The van der Waals surface area contributed by atoms with Crippen molar-refractivity contribution in [2.24, 2.45) is 11.8 Å². The first-order valence-electron chi connectivity index (χ1n) is 6.27. The molecule has 0 aromatic heterocycles. The Morgan fingerprint density at radius 1 is 1.27 bits per heavy atom. The highest BCUT2D eigenvalue weighted by atomic mass is 14.3. The van der Waals surface area contributed by atoms with Gasteiger partial charge in [-0.05, 0) is 50.0 Å². The molecular weight excluding hydrogens is 180 g/mol. The number of hydrogen-bond donors (Lipinski definition) is 0. The van der Waals surface area contributed by atoms with E-state index in [4.69, 9.17) is 0 Å². The SMILES string of the molecule is C=C/C=C(\C=C/C)C1CCC(CC)CC1. The van der Waals surface area contributed by atoms with Crippen LogP contribution in [0.2, 0.25) is 0 Å². The van der Waals surface area contributed by atoms with E-state index in [1.165, 1.54) is 37.7 Å². The largest absolute Gasteiger partial charge is 0.0991 e. The summed E-state index contributed by atoms with van der Waals surface area (Å²) >= 11 is 0. The maximum absolute atomic E-state index is 3.80. The minimum Gasteiger partial charge on any atom is -0.0991 e. The van der Waals surface area contributed by atoms with Crippen molar-refractivity contribution in [2.45, 2.75) is 46.0 Å². The van der Waals surface area contributed by atoms with Crippen molar-refractivity contribution >= 4 is 0 Å². The summed E-state index contributed by atoms with van der Waals surface area (Å²) < 4.78 is 0. The van der Waals surface area contributed by atoms with Gasteiger partial charge in [-0.3, -0.25) is 0 Å². The summed E-state index contributed by atoms with van der Waals surface area (Å²) in [6, 6.07) is 0. The molecule has 0 heterocycles. The van der Waals surface area contributed by atoms with Gasteiger partial charge < -0.3 is 0 Å². The molecule has 0 atom stereocenters. The molecule has 84 valence electrons. The van der Waals surface area contributed by atoms with Crippen LogP contribution in [0.4, 0.5) is 0 Å². The van der Waals surface area contributed by atoms with Crippen molar-refractivity contribution in [3.05, 3.63) is 36.5 Å². The first-order valence-corrected chi connectivity index (χ1v) is 6.27. The molecule has 1 aliphatic rings. The zero-order chi connectivity index (χ0) is 11.1. The standard InChI is InChI=1S/C15H24/c1-4-7-14(8-5-2)15-11-9-13(6-3)10-12-15/h4-5,7-8,13,15H,1,6,9-12H2,2-3H3/b8-5-,14-7+. The zero-order valence-corrected chi connectivity index (χ0v) is 10.2. The minimum atomic E-state index is 0.780. The van der Waals surface area contributed by atoms with Crippen LogP contribution in [-0.2, 0) is 0 Å². The van der Waals surface area contributed by atoms with Crippen LogP contribution in [0.5, 0.6) is 0 Å². The monoisotopic (exact) mass is 204 g/mol. The predicted molar refractivity (Wildman–Crippen MR) is 68.8 cm³/mol. The van der Waals surface area contributed by atoms with Gasteiger partial charge >= 0.3 is 0 Å². The van der Waals surface area contributed by atoms with Crippen LogP contribution < -0.4 is 0 Å². The van der Waals surface area contributed by atoms with Crippen LogP contribution in [-0.4, -0.2) is 0 Å². The molecule has 1 aliphatic carbocycles. The molecule has 1 fully saturated rings. The van der Waals surface area contributed by atoms with E-state index in [0.29, 0.717) is 0 Å². The number of hydrogen-bond acceptors (Lipinski definition) is 0. The third-order valence-corrected chi connectivity index (χ3v) is 3.56. The molecule has 1 rings (SSSR count). The fraction of sp³-hybridized carbons (Fsp3) is 0.600. The van der Waals surface area contributed by atoms with Gasteiger partial charge in [0.05, 0.1) is 0 Å². The maximum atomic E-state index is 3.80. The van der Waals surface area contributed by atoms with Crippen LogP contribution >= 0.6 is 0 Å². The Morgan fingerprint density at radius 2 is 1.93 bits per heavy atom. The molecular formula is C15H24. The quantitative estimate of drug-likeness (QED) is 0.572. The summed E-state index contributed by atoms with van der Waals surface area (Å²) in [6.45, 7) is 8.21. The molecule has 1 saturated carbocycles. The second-order valence-electron chi connectivity index (χ2n) is 4.53. The number of rotatable bonds is 4. The van der Waals surface area contributed by atoms with E-state index in [9.17, 15) is 0 Å². The van der Waals surface area contributed by atoms with Crippen molar-refractivity contribution in [3.63, 3.8) is 0 Å². The van der Waals surface area contributed by atoms with E-state index in [1.54, 1.807) is 0 Å². The van der Waals surface area contributed by atoms with E-state index in [1.807, 2.05) is 6.08 Å². The first kappa shape index (κ1) is 12.3. The van der Waals surface area contributed by atoms with Gasteiger partial charge in [-0.15, -0.1) is 0 Å². The van der Waals surface area contributed by atoms with Gasteiger partial charge in [-0.25, -0.2) is 0 Å². The van der Waals surface area contributed by atoms with Crippen molar-refractivity contribution in [1.29, 1.82) is 0 Å². The summed E-state index contributed by atoms with van der Waals surface area (Å²) in [7, 11) is 0. The van der Waals surface area contributed by atoms with Crippen LogP contribution in [0.25, 0.3) is 0 Å². The summed E-state index contributed by atoms with van der Waals surface area (Å²) in [5.41, 5.74) is 1.47. The third-order valence-electron chi connectivity index (χ3n) is 3.56. The lowest BCUT2D eigenvalue weighted by atomic mass is 9.77. The highest BCUT2D eigenvalue weighted by molar-refractivity contribution is 5.25. The Kier molecular flexibility index (Phi) is 5.45. The normalized spacial score (nSPS) is 28.3. The van der Waals surface area contributed by atoms with Crippen LogP contribution in [0.3, 0.4) is 0 Å². The lowest BCUT2D eigenvalue weighted by molar-refractivity contribution is 0.298. The molecule has 0 aromatic rings. The van der Waals surface area contributed by atoms with Gasteiger partial charge in [0.1, 0.15) is 0 Å². The molecule has 0 unspecified atom stereocenters. The highest BCUT2D eigenvalue weighted by Crippen LogP contribution is 2.35. The summed E-state index contributed by atoms with van der Waals surface area (Å²) in [6.07, 6.45) is 15.4. The summed E-state index contributed by atoms with van der Waals surface area (Å²) in [5.74, 6) is 1.76. The molecule has 0 saturated heterocycles. The molecule has 0 bridgehead atoms. The summed E-state index contributed by atoms with van der Waals surface area (Å²) in [5, 5.41) is 0. The maximum Gasteiger partial charge on any atom is -0.0162 e. The Labute approximate surface area is 94.8 Å². The zero-order valence-electron chi connectivity index (χ0n) is 10.2. The molecule has 0 amide bonds. The number of allylic oxidation sites excluding steroid dienone is 5. The van der Waals surface area contributed by atoms with Crippen molar-refractivity contribution in [3.8, 4) is 0 Å². The Morgan fingerprint density at radius 3 is 2.40 bits per heavy atom. The van der Waals surface area contributed by atoms with Gasteiger partial charge in [0, 0.05) is 0 Å². The van der Waals surface area contributed by atoms with Gasteiger partial charge in [0.25, 0.3) is 0 Å². The van der Waals surface area contributed by atoms with Crippen LogP contribution in [0, 0.1) is 11.8 Å². The average molecular weight is 204 g/mol. The lowest BCUT2D eigenvalue weighted by Gasteiger charge is -2.28. The van der Waals surface area contributed by atoms with Crippen LogP contribution in [0.1, 0.15) is 46.0 Å². The van der Waals surface area contributed by atoms with Gasteiger partial charge in [0.2, 0.25) is 0 Å². The van der Waals surface area contributed by atoms with E-state index < -0.39 is 0 Å². The fourth-order valence-electron chi connectivity index (χ4n) is 2.56. The second kappa shape index (κ2) is 6.66. The summed E-state index contributed by atoms with van der Waals surface area (Å²) in [4.78, 5) is 0. The second-order valence-corrected chi connectivity index (χ2v) is 4.53. The average Bonchev–Trinajstić information content (AvgIpc) is 2.29.